The zero-order chi connectivity index (χ0) is 26.5. The second-order valence-corrected chi connectivity index (χ2v) is 10.5. The molecule has 3 aromatic carbocycles. The van der Waals surface area contributed by atoms with Crippen molar-refractivity contribution in [2.45, 2.75) is 31.3 Å². The Kier molecular flexibility index (Phi) is 8.70. The standard InChI is InChI=1S/C26H27ClFN3O4S/c1-18-8-4-7-11-24(18)31(36(34,35)22-14-12-21(27)13-15-22)17-25(32)30(19(2)26(33)29-3)16-20-9-5-6-10-23(20)28/h4-15,19H,16-17H2,1-3H3,(H,29,33). The van der Waals surface area contributed by atoms with Gasteiger partial charge in [0.1, 0.15) is 18.4 Å². The van der Waals surface area contributed by atoms with Gasteiger partial charge >= 0.3 is 0 Å². The fourth-order valence-corrected chi connectivity index (χ4v) is 5.30. The average molecular weight is 532 g/mol. The summed E-state index contributed by atoms with van der Waals surface area (Å²) >= 11 is 5.94. The van der Waals surface area contributed by atoms with Crippen LogP contribution in [0.5, 0.6) is 0 Å². The summed E-state index contributed by atoms with van der Waals surface area (Å²) < 4.78 is 42.8. The first-order chi connectivity index (χ1) is 17.1. The maximum absolute atomic E-state index is 14.4. The largest absolute Gasteiger partial charge is 0.357 e. The molecule has 190 valence electrons. The van der Waals surface area contributed by atoms with Crippen molar-refractivity contribution >= 4 is 39.1 Å². The zero-order valence-electron chi connectivity index (χ0n) is 20.1. The Balaban J connectivity index is 2.06. The minimum Gasteiger partial charge on any atom is -0.357 e. The van der Waals surface area contributed by atoms with Crippen LogP contribution in [0.2, 0.25) is 5.02 Å². The van der Waals surface area contributed by atoms with Crippen molar-refractivity contribution < 1.29 is 22.4 Å². The van der Waals surface area contributed by atoms with E-state index in [-0.39, 0.29) is 17.0 Å². The second kappa shape index (κ2) is 11.5. The van der Waals surface area contributed by atoms with E-state index in [9.17, 15) is 22.4 Å². The van der Waals surface area contributed by atoms with Crippen molar-refractivity contribution in [2.24, 2.45) is 0 Å². The molecule has 0 heterocycles. The molecule has 0 spiro atoms. The van der Waals surface area contributed by atoms with E-state index in [4.69, 9.17) is 11.6 Å². The van der Waals surface area contributed by atoms with Crippen molar-refractivity contribution in [1.29, 1.82) is 0 Å². The summed E-state index contributed by atoms with van der Waals surface area (Å²) in [4.78, 5) is 27.2. The molecule has 1 atom stereocenters. The number of nitrogens with one attached hydrogen (secondary N) is 1. The minimum absolute atomic E-state index is 0.0528. The summed E-state index contributed by atoms with van der Waals surface area (Å²) in [5.41, 5.74) is 1.13. The topological polar surface area (TPSA) is 86.8 Å². The quantitative estimate of drug-likeness (QED) is 0.449. The second-order valence-electron chi connectivity index (χ2n) is 8.16. The molecule has 0 aliphatic rings. The summed E-state index contributed by atoms with van der Waals surface area (Å²) in [5, 5.41) is 2.85. The van der Waals surface area contributed by atoms with Crippen LogP contribution in [-0.2, 0) is 26.2 Å². The van der Waals surface area contributed by atoms with Crippen molar-refractivity contribution in [2.75, 3.05) is 17.9 Å². The summed E-state index contributed by atoms with van der Waals surface area (Å²) in [7, 11) is -2.78. The summed E-state index contributed by atoms with van der Waals surface area (Å²) in [6, 6.07) is 17.3. The van der Waals surface area contributed by atoms with Crippen molar-refractivity contribution in [3.05, 3.63) is 94.8 Å². The lowest BCUT2D eigenvalue weighted by Crippen LogP contribution is -2.51. The number of likely N-dealkylation sites (N-methyl/N-ethyl adjacent to an activating group) is 1. The Bertz CT molecular complexity index is 1350. The third-order valence-electron chi connectivity index (χ3n) is 5.78. The highest BCUT2D eigenvalue weighted by Crippen LogP contribution is 2.28. The van der Waals surface area contributed by atoms with E-state index < -0.39 is 40.2 Å². The van der Waals surface area contributed by atoms with Crippen LogP contribution in [-0.4, -0.2) is 44.8 Å². The highest BCUT2D eigenvalue weighted by molar-refractivity contribution is 7.92. The number of anilines is 1. The van der Waals surface area contributed by atoms with Gasteiger partial charge in [0.2, 0.25) is 11.8 Å². The van der Waals surface area contributed by atoms with Gasteiger partial charge in [-0.15, -0.1) is 0 Å². The fourth-order valence-electron chi connectivity index (χ4n) is 3.69. The summed E-state index contributed by atoms with van der Waals surface area (Å²) in [5.74, 6) is -1.68. The van der Waals surface area contributed by atoms with E-state index >= 15 is 0 Å². The fraction of sp³-hybridized carbons (Fsp3) is 0.231. The lowest BCUT2D eigenvalue weighted by molar-refractivity contribution is -0.139. The van der Waals surface area contributed by atoms with Gasteiger partial charge in [0.05, 0.1) is 10.6 Å². The molecule has 3 rings (SSSR count). The van der Waals surface area contributed by atoms with E-state index in [1.165, 1.54) is 61.3 Å². The molecule has 0 saturated heterocycles. The number of sulfonamides is 1. The Morgan fingerprint density at radius 1 is 1.00 bits per heavy atom. The van der Waals surface area contributed by atoms with Crippen molar-refractivity contribution in [1.82, 2.24) is 10.2 Å². The van der Waals surface area contributed by atoms with Gasteiger partial charge in [0.25, 0.3) is 10.0 Å². The Labute approximate surface area is 215 Å². The number of hydrogen-bond acceptors (Lipinski definition) is 4. The smallest absolute Gasteiger partial charge is 0.264 e. The molecule has 0 radical (unpaired) electrons. The van der Waals surface area contributed by atoms with E-state index in [0.29, 0.717) is 16.3 Å². The van der Waals surface area contributed by atoms with Crippen molar-refractivity contribution in [3.63, 3.8) is 0 Å². The lowest BCUT2D eigenvalue weighted by atomic mass is 10.1. The van der Waals surface area contributed by atoms with Gasteiger partial charge in [0.15, 0.2) is 0 Å². The molecule has 2 amide bonds. The van der Waals surface area contributed by atoms with Crippen LogP contribution >= 0.6 is 11.6 Å². The van der Waals surface area contributed by atoms with Gasteiger partial charge < -0.3 is 10.2 Å². The highest BCUT2D eigenvalue weighted by atomic mass is 35.5. The molecule has 0 aliphatic carbocycles. The van der Waals surface area contributed by atoms with Crippen LogP contribution in [0.3, 0.4) is 0 Å². The maximum Gasteiger partial charge on any atom is 0.264 e. The summed E-state index contributed by atoms with van der Waals surface area (Å²) in [6.07, 6.45) is 0. The molecule has 1 unspecified atom stereocenters. The number of benzene rings is 3. The van der Waals surface area contributed by atoms with Gasteiger partial charge in [0, 0.05) is 24.2 Å². The lowest BCUT2D eigenvalue weighted by Gasteiger charge is -2.32. The predicted octanol–water partition coefficient (Wildman–Crippen LogP) is 4.15. The van der Waals surface area contributed by atoms with E-state index in [2.05, 4.69) is 5.32 Å². The summed E-state index contributed by atoms with van der Waals surface area (Å²) in [6.45, 7) is 2.41. The average Bonchev–Trinajstić information content (AvgIpc) is 2.86. The van der Waals surface area contributed by atoms with Gasteiger partial charge in [-0.1, -0.05) is 48.0 Å². The third kappa shape index (κ3) is 6.03. The van der Waals surface area contributed by atoms with Crippen LogP contribution in [0.15, 0.2) is 77.7 Å². The van der Waals surface area contributed by atoms with Crippen LogP contribution < -0.4 is 9.62 Å². The molecular formula is C26H27ClFN3O4S. The first-order valence-corrected chi connectivity index (χ1v) is 13.0. The van der Waals surface area contributed by atoms with Crippen LogP contribution in [0, 0.1) is 12.7 Å². The third-order valence-corrected chi connectivity index (χ3v) is 7.80. The number of rotatable bonds is 9. The highest BCUT2D eigenvalue weighted by Gasteiger charge is 2.33. The van der Waals surface area contributed by atoms with Crippen LogP contribution in [0.25, 0.3) is 0 Å². The number of hydrogen-bond donors (Lipinski definition) is 1. The Morgan fingerprint density at radius 2 is 1.61 bits per heavy atom. The molecule has 36 heavy (non-hydrogen) atoms. The minimum atomic E-state index is -4.20. The maximum atomic E-state index is 14.4. The van der Waals surface area contributed by atoms with E-state index in [1.54, 1.807) is 37.3 Å². The molecule has 1 N–H and O–H groups in total. The number of amides is 2. The molecule has 7 nitrogen and oxygen atoms in total. The van der Waals surface area contributed by atoms with Gasteiger partial charge in [-0.3, -0.25) is 13.9 Å². The molecule has 0 bridgehead atoms. The number of halogens is 2. The number of aryl methyl sites for hydroxylation is 1. The van der Waals surface area contributed by atoms with E-state index in [1.807, 2.05) is 0 Å². The first kappa shape index (κ1) is 27.2. The zero-order valence-corrected chi connectivity index (χ0v) is 21.7. The molecule has 0 aromatic heterocycles. The number of para-hydroxylation sites is 1. The number of carbonyl (C=O) groups excluding carboxylic acids is 2. The molecule has 0 aliphatic heterocycles. The predicted molar refractivity (Wildman–Crippen MR) is 138 cm³/mol. The van der Waals surface area contributed by atoms with Crippen molar-refractivity contribution in [3.8, 4) is 0 Å². The molecule has 10 heteroatoms. The number of carbonyl (C=O) groups is 2. The van der Waals surface area contributed by atoms with Gasteiger partial charge in [-0.05, 0) is 55.8 Å². The number of nitrogens with zero attached hydrogens (tertiary/aromatic N) is 2. The SMILES string of the molecule is CNC(=O)C(C)N(Cc1ccccc1F)C(=O)CN(c1ccccc1C)S(=O)(=O)c1ccc(Cl)cc1. The monoisotopic (exact) mass is 531 g/mol. The molecule has 0 fully saturated rings. The van der Waals surface area contributed by atoms with Crippen LogP contribution in [0.4, 0.5) is 10.1 Å². The Hall–Kier alpha value is -3.43. The Morgan fingerprint density at radius 3 is 2.22 bits per heavy atom. The van der Waals surface area contributed by atoms with E-state index in [0.717, 1.165) is 4.31 Å². The van der Waals surface area contributed by atoms with Gasteiger partial charge in [-0.25, -0.2) is 12.8 Å². The molecular weight excluding hydrogens is 505 g/mol. The first-order valence-electron chi connectivity index (χ1n) is 11.1. The molecule has 0 saturated carbocycles. The molecule has 3 aromatic rings. The van der Waals surface area contributed by atoms with Gasteiger partial charge in [-0.2, -0.15) is 0 Å². The normalized spacial score (nSPS) is 12.0. The van der Waals surface area contributed by atoms with Crippen LogP contribution in [0.1, 0.15) is 18.1 Å².